The van der Waals surface area contributed by atoms with Crippen molar-refractivity contribution in [1.82, 2.24) is 45.9 Å². The Morgan fingerprint density at radius 3 is 1.46 bits per heavy atom. The number of fused-ring (bicyclic) bond motifs is 1. The van der Waals surface area contributed by atoms with Crippen molar-refractivity contribution in [3.8, 4) is 11.4 Å². The van der Waals surface area contributed by atoms with Crippen LogP contribution in [-0.2, 0) is 68.6 Å². The number of halogens is 2. The zero-order chi connectivity index (χ0) is 69.1. The number of ketones is 6. The number of aromatic nitrogens is 2. The third-order valence-electron chi connectivity index (χ3n) is 17.5. The van der Waals surface area contributed by atoms with Gasteiger partial charge in [-0.1, -0.05) is 44.0 Å². The molecule has 0 radical (unpaired) electrons. The Hall–Kier alpha value is -7.36. The number of carbonyl (C=O) groups excluding carboxylic acids is 14. The van der Waals surface area contributed by atoms with Gasteiger partial charge in [-0.3, -0.25) is 52.7 Å². The highest BCUT2D eigenvalue weighted by Gasteiger charge is 2.56. The van der Waals surface area contributed by atoms with Crippen molar-refractivity contribution in [2.45, 2.75) is 228 Å². The third-order valence-corrected chi connectivity index (χ3v) is 18.9. The molecule has 1 aromatic heterocycles. The minimum Gasteiger partial charge on any atom is -0.444 e. The van der Waals surface area contributed by atoms with Crippen molar-refractivity contribution in [3.63, 3.8) is 0 Å². The van der Waals surface area contributed by atoms with Crippen LogP contribution in [0.4, 0.5) is 14.4 Å². The van der Waals surface area contributed by atoms with E-state index in [1.807, 2.05) is 24.3 Å². The first kappa shape index (κ1) is 72.5. The summed E-state index contributed by atoms with van der Waals surface area (Å²) < 4.78 is 16.7. The molecule has 510 valence electrons. The van der Waals surface area contributed by atoms with E-state index in [1.54, 1.807) is 68.5 Å². The lowest BCUT2D eigenvalue weighted by Crippen LogP contribution is -2.73. The quantitative estimate of drug-likeness (QED) is 0.127. The molecular formula is C66H85Br2N9O17. The van der Waals surface area contributed by atoms with Crippen LogP contribution in [0.5, 0.6) is 0 Å². The van der Waals surface area contributed by atoms with Crippen LogP contribution in [0.1, 0.15) is 194 Å². The summed E-state index contributed by atoms with van der Waals surface area (Å²) >= 11 is 6.79. The van der Waals surface area contributed by atoms with Crippen molar-refractivity contribution in [3.05, 3.63) is 46.2 Å². The third kappa shape index (κ3) is 18.8. The molecule has 7 saturated heterocycles. The molecular weight excluding hydrogens is 1350 g/mol. The molecule has 8 amide bonds. The van der Waals surface area contributed by atoms with Crippen molar-refractivity contribution < 1.29 is 81.3 Å². The van der Waals surface area contributed by atoms with Gasteiger partial charge in [0.15, 0.2) is 17.4 Å². The average Bonchev–Trinajstić information content (AvgIpc) is 1.06. The van der Waals surface area contributed by atoms with Crippen LogP contribution >= 0.6 is 31.9 Å². The Bertz CT molecular complexity index is 3340. The number of hydrogen-bond acceptors (Lipinski definition) is 19. The predicted molar refractivity (Wildman–Crippen MR) is 344 cm³/mol. The number of hydrogen-bond donors (Lipinski definition) is 4. The number of carbonyl (C=O) groups is 14. The number of aryl methyl sites for hydroxylation is 1. The van der Waals surface area contributed by atoms with Crippen LogP contribution in [-0.4, -0.2) is 184 Å². The molecule has 4 aliphatic carbocycles. The van der Waals surface area contributed by atoms with E-state index < -0.39 is 57.5 Å². The Balaban J connectivity index is 0.000000147. The number of imide groups is 1. The van der Waals surface area contributed by atoms with Crippen molar-refractivity contribution in [2.75, 3.05) is 32.7 Å². The monoisotopic (exact) mass is 1430 g/mol. The van der Waals surface area contributed by atoms with Crippen LogP contribution < -0.4 is 21.3 Å². The molecule has 8 heterocycles. The first-order chi connectivity index (χ1) is 43.7. The Morgan fingerprint density at radius 2 is 1.01 bits per heavy atom. The number of piperidine rings is 5. The van der Waals surface area contributed by atoms with Crippen molar-refractivity contribution >= 4 is 114 Å². The molecule has 2 aromatic rings. The number of benzene rings is 1. The van der Waals surface area contributed by atoms with E-state index in [9.17, 15) is 67.1 Å². The maximum atomic E-state index is 12.1. The average molecular weight is 1440 g/mol. The molecule has 13 rings (SSSR count). The number of alkyl halides is 1. The number of Topliss-reactive ketones (excluding diaryl/α,β-unsaturated/α-hetero) is 6. The van der Waals surface area contributed by atoms with Gasteiger partial charge in [0.05, 0.1) is 53.4 Å². The zero-order valence-electron chi connectivity index (χ0n) is 54.9. The number of likely N-dealkylation sites (tertiary alicyclic amines) is 3. The van der Waals surface area contributed by atoms with E-state index in [2.05, 4.69) is 63.1 Å². The van der Waals surface area contributed by atoms with Gasteiger partial charge in [0.2, 0.25) is 29.5 Å². The van der Waals surface area contributed by atoms with Gasteiger partial charge < -0.3 is 45.3 Å². The lowest BCUT2D eigenvalue weighted by atomic mass is 9.70. The summed E-state index contributed by atoms with van der Waals surface area (Å²) in [6.45, 7) is 17.8. The van der Waals surface area contributed by atoms with Gasteiger partial charge in [-0.15, -0.1) is 0 Å². The number of ether oxygens (including phenoxy) is 3. The van der Waals surface area contributed by atoms with E-state index >= 15 is 0 Å². The topological polar surface area (TPSA) is 350 Å². The van der Waals surface area contributed by atoms with Gasteiger partial charge in [-0.25, -0.2) is 29.3 Å². The first-order valence-corrected chi connectivity index (χ1v) is 33.5. The molecule has 5 spiro atoms. The fourth-order valence-electron chi connectivity index (χ4n) is 12.6. The fraction of sp³-hybridized carbons (Fsp3) is 0.636. The summed E-state index contributed by atoms with van der Waals surface area (Å²) in [7, 11) is 0. The minimum atomic E-state index is -0.635. The van der Waals surface area contributed by atoms with E-state index in [0.29, 0.717) is 76.3 Å². The summed E-state index contributed by atoms with van der Waals surface area (Å²) in [4.78, 5) is 173. The second kappa shape index (κ2) is 28.1. The predicted octanol–water partition coefficient (Wildman–Crippen LogP) is 6.99. The summed E-state index contributed by atoms with van der Waals surface area (Å²) in [5, 5.41) is 11.2. The number of nitrogens with zero attached hydrogens (tertiary/aromatic N) is 5. The second-order valence-electron chi connectivity index (χ2n) is 29.5. The Morgan fingerprint density at radius 1 is 0.553 bits per heavy atom. The number of rotatable bonds is 1. The molecule has 0 bridgehead atoms. The lowest BCUT2D eigenvalue weighted by molar-refractivity contribution is -0.152. The van der Waals surface area contributed by atoms with Crippen molar-refractivity contribution in [1.29, 1.82) is 0 Å². The van der Waals surface area contributed by atoms with Gasteiger partial charge in [0, 0.05) is 85.7 Å². The fourth-order valence-corrected chi connectivity index (χ4v) is 13.3. The van der Waals surface area contributed by atoms with Crippen LogP contribution in [0.25, 0.3) is 11.4 Å². The largest absolute Gasteiger partial charge is 0.444 e. The molecule has 94 heavy (non-hydrogen) atoms. The van der Waals surface area contributed by atoms with Crippen molar-refractivity contribution in [2.24, 2.45) is 5.41 Å². The second-order valence-corrected chi connectivity index (χ2v) is 31.5. The molecule has 26 nitrogen and oxygen atoms in total. The first-order valence-electron chi connectivity index (χ1n) is 31.8. The van der Waals surface area contributed by atoms with Gasteiger partial charge in [-0.2, -0.15) is 0 Å². The number of nitrogens with one attached hydrogen (secondary N) is 4. The summed E-state index contributed by atoms with van der Waals surface area (Å²) in [6, 6.07) is 7.75. The number of amides is 8. The molecule has 11 aliphatic rings. The standard InChI is InChI=1S/C14H10Br2N2O.C13H19NO4.2C12H18N2O4.C8H11NO2.C7H9NO2/c15-10-4-1-8(2-5-10)14-17-7-9-3-6-11(16)13(19)12(9)18-14;1-12(2,3)18-11(17)14-10(16)7-9(15)8-13(14)5-4-6-13;1-11(2,3)18-10(17)14-6-12(7-14)5-13-9(16)4-8(12)15;1-11(2,3)18-10(17)14-6-12(7-14)5-8(15)4-9(16)13-12;10-6-4-7(11)9-8(5-6)2-1-3-8;9-5-3-6(10)8-7(4-5)1-2-7/h1-2,4-5,7,11H,3,6H2;4-8H2,1-3H3;2*4-7H2,1-3H3,(H,13,16);1-5H2,(H,9,11);1-4H2,(H,8,10). The van der Waals surface area contributed by atoms with Gasteiger partial charge in [0.1, 0.15) is 45.6 Å². The molecule has 1 aromatic carbocycles. The summed E-state index contributed by atoms with van der Waals surface area (Å²) in [5.74, 6) is -0.433. The van der Waals surface area contributed by atoms with Gasteiger partial charge >= 0.3 is 18.3 Å². The van der Waals surface area contributed by atoms with Gasteiger partial charge in [-0.05, 0) is 144 Å². The maximum Gasteiger partial charge on any atom is 0.417 e. The maximum absolute atomic E-state index is 12.1. The SMILES string of the molecule is CC(C)(C)OC(=O)N1C(=O)CC(=O)CC12CCC2.CC(C)(C)OC(=O)N1CC2(CC(=O)CC(=O)N2)C1.CC(C)(C)OC(=O)N1CC2(CNC(=O)CC2=O)C1.O=C1CC(=O)NC2(CC2)C1.O=C1CC(=O)NC2(CCC2)C1.O=C1c2nc(-c3ccc(Br)cc3)ncc2CCC1Br. The highest BCUT2D eigenvalue weighted by atomic mass is 79.9. The minimum absolute atomic E-state index is 0.0474. The molecule has 3 saturated carbocycles. The highest BCUT2D eigenvalue weighted by molar-refractivity contribution is 9.10. The highest BCUT2D eigenvalue weighted by Crippen LogP contribution is 2.45. The lowest BCUT2D eigenvalue weighted by Gasteiger charge is -2.51. The smallest absolute Gasteiger partial charge is 0.417 e. The van der Waals surface area contributed by atoms with E-state index in [1.165, 1.54) is 14.7 Å². The zero-order valence-corrected chi connectivity index (χ0v) is 58.0. The molecule has 10 fully saturated rings. The van der Waals surface area contributed by atoms with Crippen LogP contribution in [0.2, 0.25) is 0 Å². The summed E-state index contributed by atoms with van der Waals surface area (Å²) in [5.41, 5.74) is -1.19. The Labute approximate surface area is 562 Å². The van der Waals surface area contributed by atoms with Crippen LogP contribution in [0.15, 0.2) is 34.9 Å². The van der Waals surface area contributed by atoms with E-state index in [0.717, 1.165) is 67.0 Å². The van der Waals surface area contributed by atoms with Crippen LogP contribution in [0, 0.1) is 5.41 Å². The summed E-state index contributed by atoms with van der Waals surface area (Å²) in [6.07, 6.45) is 11.1. The van der Waals surface area contributed by atoms with Gasteiger partial charge in [0.25, 0.3) is 0 Å². The molecule has 28 heteroatoms. The van der Waals surface area contributed by atoms with E-state index in [4.69, 9.17) is 14.2 Å². The van der Waals surface area contributed by atoms with Crippen LogP contribution in [0.3, 0.4) is 0 Å². The normalized spacial score (nSPS) is 23.0. The molecule has 4 N–H and O–H groups in total. The Kier molecular flexibility index (Phi) is 21.7. The van der Waals surface area contributed by atoms with E-state index in [-0.39, 0.29) is 113 Å². The molecule has 1 unspecified atom stereocenters. The molecule has 7 aliphatic heterocycles. The molecule has 1 atom stereocenters.